The fraction of sp³-hybridized carbons (Fsp3) is 0.632. The summed E-state index contributed by atoms with van der Waals surface area (Å²) >= 11 is 0. The summed E-state index contributed by atoms with van der Waals surface area (Å²) < 4.78 is 22.1. The third kappa shape index (κ3) is 5.72. The minimum Gasteiger partial charge on any atom is -0.486 e. The van der Waals surface area contributed by atoms with Crippen molar-refractivity contribution in [1.82, 2.24) is 4.90 Å². The van der Waals surface area contributed by atoms with E-state index < -0.39 is 6.10 Å². The molecule has 1 aromatic carbocycles. The molecule has 2 aliphatic heterocycles. The summed E-state index contributed by atoms with van der Waals surface area (Å²) in [5, 5.41) is 10.2. The van der Waals surface area contributed by atoms with E-state index in [9.17, 15) is 9.90 Å². The summed E-state index contributed by atoms with van der Waals surface area (Å²) in [7, 11) is 0. The van der Waals surface area contributed by atoms with E-state index in [-0.39, 0.29) is 18.8 Å². The van der Waals surface area contributed by atoms with Gasteiger partial charge in [0.05, 0.1) is 46.0 Å². The third-order valence-corrected chi connectivity index (χ3v) is 4.70. The van der Waals surface area contributed by atoms with Crippen LogP contribution in [0.25, 0.3) is 0 Å². The Hall–Kier alpha value is -2.03. The maximum atomic E-state index is 11.7. The van der Waals surface area contributed by atoms with Gasteiger partial charge >= 0.3 is 6.09 Å². The van der Waals surface area contributed by atoms with Crippen molar-refractivity contribution in [2.75, 3.05) is 59.2 Å². The number of nitrogens with zero attached hydrogens (tertiary/aromatic N) is 1. The van der Waals surface area contributed by atoms with E-state index in [0.717, 1.165) is 24.6 Å². The van der Waals surface area contributed by atoms with E-state index in [1.54, 1.807) is 11.8 Å². The Morgan fingerprint density at radius 1 is 1.33 bits per heavy atom. The highest BCUT2D eigenvalue weighted by Crippen LogP contribution is 2.30. The zero-order valence-corrected chi connectivity index (χ0v) is 15.8. The van der Waals surface area contributed by atoms with Crippen LogP contribution >= 0.6 is 0 Å². The van der Waals surface area contributed by atoms with E-state index in [4.69, 9.17) is 18.9 Å². The van der Waals surface area contributed by atoms with Crippen molar-refractivity contribution < 1.29 is 33.7 Å². The Labute approximate surface area is 159 Å². The molecule has 0 aliphatic carbocycles. The van der Waals surface area contributed by atoms with Gasteiger partial charge in [-0.3, -0.25) is 4.90 Å². The molecule has 0 unspecified atom stereocenters. The molecule has 2 atom stereocenters. The Balaban J connectivity index is 1.30. The van der Waals surface area contributed by atoms with Gasteiger partial charge in [-0.25, -0.2) is 4.79 Å². The molecule has 1 amide bonds. The lowest BCUT2D eigenvalue weighted by Crippen LogP contribution is -3.15. The van der Waals surface area contributed by atoms with Gasteiger partial charge in [0.1, 0.15) is 19.3 Å². The Bertz CT molecular complexity index is 606. The molecule has 2 N–H and O–H groups in total. The molecule has 1 fully saturated rings. The molecule has 1 saturated heterocycles. The van der Waals surface area contributed by atoms with Gasteiger partial charge in [-0.15, -0.1) is 0 Å². The number of piperazine rings is 1. The number of benzene rings is 1. The number of fused-ring (bicyclic) bond motifs is 1. The van der Waals surface area contributed by atoms with E-state index in [2.05, 4.69) is 0 Å². The van der Waals surface area contributed by atoms with Gasteiger partial charge in [0.15, 0.2) is 17.6 Å². The molecular weight excluding hydrogens is 352 g/mol. The van der Waals surface area contributed by atoms with Gasteiger partial charge in [0.25, 0.3) is 0 Å². The van der Waals surface area contributed by atoms with Crippen molar-refractivity contribution in [1.29, 1.82) is 0 Å². The minimum atomic E-state index is -0.550. The van der Waals surface area contributed by atoms with E-state index in [1.165, 1.54) is 4.90 Å². The lowest BCUT2D eigenvalue weighted by Gasteiger charge is -2.32. The lowest BCUT2D eigenvalue weighted by atomic mass is 10.2. The molecule has 150 valence electrons. The molecule has 0 saturated carbocycles. The van der Waals surface area contributed by atoms with Gasteiger partial charge in [-0.1, -0.05) is 12.1 Å². The number of nitrogens with one attached hydrogen (secondary N) is 1. The molecule has 0 aromatic heterocycles. The second-order valence-electron chi connectivity index (χ2n) is 6.83. The summed E-state index contributed by atoms with van der Waals surface area (Å²) in [6.45, 7) is 6.75. The SMILES string of the molecule is CCOC(=O)N1CC[NH+](C[C@H](O)COC[C@H]2COc3ccccc3O2)CC1. The topological polar surface area (TPSA) is 81.9 Å². The molecular formula is C19H29N2O6+. The highest BCUT2D eigenvalue weighted by Gasteiger charge is 2.26. The highest BCUT2D eigenvalue weighted by atomic mass is 16.6. The number of carbonyl (C=O) groups is 1. The van der Waals surface area contributed by atoms with E-state index in [1.807, 2.05) is 24.3 Å². The van der Waals surface area contributed by atoms with Gasteiger partial charge in [0.2, 0.25) is 0 Å². The molecule has 2 heterocycles. The van der Waals surface area contributed by atoms with Crippen LogP contribution in [0.5, 0.6) is 11.5 Å². The molecule has 3 rings (SSSR count). The first kappa shape index (κ1) is 19.7. The number of para-hydroxylation sites is 2. The van der Waals surface area contributed by atoms with Crippen molar-refractivity contribution in [2.45, 2.75) is 19.1 Å². The van der Waals surface area contributed by atoms with Crippen molar-refractivity contribution in [2.24, 2.45) is 0 Å². The zero-order chi connectivity index (χ0) is 19.1. The number of ether oxygens (including phenoxy) is 4. The van der Waals surface area contributed by atoms with Crippen LogP contribution in [0.15, 0.2) is 24.3 Å². The maximum absolute atomic E-state index is 11.7. The Morgan fingerprint density at radius 2 is 2.07 bits per heavy atom. The molecule has 8 heteroatoms. The molecule has 8 nitrogen and oxygen atoms in total. The van der Waals surface area contributed by atoms with Gasteiger partial charge in [-0.05, 0) is 19.1 Å². The predicted octanol–water partition coefficient (Wildman–Crippen LogP) is -0.439. The number of amides is 1. The average molecular weight is 381 g/mol. The monoisotopic (exact) mass is 381 g/mol. The number of aliphatic hydroxyl groups is 1. The summed E-state index contributed by atoms with van der Waals surface area (Å²) in [4.78, 5) is 14.7. The fourth-order valence-electron chi connectivity index (χ4n) is 3.30. The second-order valence-corrected chi connectivity index (χ2v) is 6.83. The molecule has 1 aromatic rings. The van der Waals surface area contributed by atoms with Crippen LogP contribution in [-0.2, 0) is 9.47 Å². The van der Waals surface area contributed by atoms with Crippen molar-refractivity contribution in [3.63, 3.8) is 0 Å². The van der Waals surface area contributed by atoms with E-state index in [0.29, 0.717) is 39.5 Å². The quantitative estimate of drug-likeness (QED) is 0.667. The second kappa shape index (κ2) is 9.77. The van der Waals surface area contributed by atoms with Crippen molar-refractivity contribution in [3.05, 3.63) is 24.3 Å². The molecule has 27 heavy (non-hydrogen) atoms. The van der Waals surface area contributed by atoms with Crippen LogP contribution < -0.4 is 14.4 Å². The first-order valence-corrected chi connectivity index (χ1v) is 9.55. The molecule has 2 aliphatic rings. The van der Waals surface area contributed by atoms with Crippen LogP contribution in [0.3, 0.4) is 0 Å². The van der Waals surface area contributed by atoms with Gasteiger partial charge in [0, 0.05) is 0 Å². The zero-order valence-electron chi connectivity index (χ0n) is 15.8. The average Bonchev–Trinajstić information content (AvgIpc) is 2.68. The lowest BCUT2D eigenvalue weighted by molar-refractivity contribution is -0.907. The van der Waals surface area contributed by atoms with E-state index >= 15 is 0 Å². The fourth-order valence-corrected chi connectivity index (χ4v) is 3.30. The van der Waals surface area contributed by atoms with Crippen LogP contribution in [0.1, 0.15) is 6.92 Å². The maximum Gasteiger partial charge on any atom is 0.410 e. The van der Waals surface area contributed by atoms with Crippen LogP contribution in [0.4, 0.5) is 4.79 Å². The van der Waals surface area contributed by atoms with Crippen LogP contribution in [0.2, 0.25) is 0 Å². The van der Waals surface area contributed by atoms with Crippen LogP contribution in [0, 0.1) is 0 Å². The summed E-state index contributed by atoms with van der Waals surface area (Å²) in [6, 6.07) is 7.56. The predicted molar refractivity (Wildman–Crippen MR) is 97.3 cm³/mol. The summed E-state index contributed by atoms with van der Waals surface area (Å²) in [5.41, 5.74) is 0. The number of aliphatic hydroxyl groups excluding tert-OH is 1. The van der Waals surface area contributed by atoms with Crippen molar-refractivity contribution in [3.8, 4) is 11.5 Å². The third-order valence-electron chi connectivity index (χ3n) is 4.70. The number of hydrogen-bond donors (Lipinski definition) is 2. The number of quaternary nitrogens is 1. The van der Waals surface area contributed by atoms with Gasteiger partial charge in [-0.2, -0.15) is 0 Å². The highest BCUT2D eigenvalue weighted by molar-refractivity contribution is 5.67. The largest absolute Gasteiger partial charge is 0.486 e. The summed E-state index contributed by atoms with van der Waals surface area (Å²) in [5.74, 6) is 1.47. The van der Waals surface area contributed by atoms with Crippen molar-refractivity contribution >= 4 is 6.09 Å². The normalized spacial score (nSPS) is 21.0. The minimum absolute atomic E-state index is 0.174. The Morgan fingerprint density at radius 3 is 2.81 bits per heavy atom. The Kier molecular flexibility index (Phi) is 7.14. The first-order valence-electron chi connectivity index (χ1n) is 9.55. The first-order chi connectivity index (χ1) is 13.2. The smallest absolute Gasteiger partial charge is 0.410 e. The van der Waals surface area contributed by atoms with Gasteiger partial charge < -0.3 is 29.0 Å². The van der Waals surface area contributed by atoms with Crippen LogP contribution in [-0.4, -0.2) is 87.5 Å². The standard InChI is InChI=1S/C19H28N2O6/c1-2-25-19(23)21-9-7-20(8-10-21)11-15(22)12-24-13-16-14-26-17-5-3-4-6-18(17)27-16/h3-6,15-16,22H,2,7-14H2,1H3/p+1/t15-,16-/m0/s1. The molecule has 0 radical (unpaired) electrons. The number of hydrogen-bond acceptors (Lipinski definition) is 6. The number of rotatable bonds is 7. The molecule has 0 spiro atoms. The molecule has 0 bridgehead atoms. The number of carbonyl (C=O) groups excluding carboxylic acids is 1. The summed E-state index contributed by atoms with van der Waals surface area (Å²) in [6.07, 6.45) is -0.977.